The minimum Gasteiger partial charge on any atom is -0.308 e. The van der Waals surface area contributed by atoms with E-state index >= 15 is 0 Å². The number of benzene rings is 2. The molecule has 0 radical (unpaired) electrons. The van der Waals surface area contributed by atoms with E-state index in [2.05, 4.69) is 4.98 Å². The van der Waals surface area contributed by atoms with E-state index in [0.717, 1.165) is 23.0 Å². The quantitative estimate of drug-likeness (QED) is 0.543. The zero-order valence-electron chi connectivity index (χ0n) is 15.4. The topological polar surface area (TPSA) is 36.4 Å². The van der Waals surface area contributed by atoms with Crippen molar-refractivity contribution < 1.29 is 13.6 Å². The number of anilines is 1. The highest BCUT2D eigenvalue weighted by atomic mass is 35.5. The number of halogens is 3. The van der Waals surface area contributed by atoms with Crippen LogP contribution in [0.4, 0.5) is 13.9 Å². The smallest absolute Gasteiger partial charge is 0.252 e. The van der Waals surface area contributed by atoms with Gasteiger partial charge in [-0.1, -0.05) is 41.7 Å². The standard InChI is InChI=1S/C20H19F2N3OS.ClH/c1-24(2)10-11-25(18(26)9-8-14-6-4-3-5-7-14)20-23-19-16(22)12-15(21)13-17(19)27-20;/h3-9,12-13H,10-11H2,1-2H3;1H. The van der Waals surface area contributed by atoms with Gasteiger partial charge in [-0.15, -0.1) is 12.4 Å². The Morgan fingerprint density at radius 1 is 1.14 bits per heavy atom. The van der Waals surface area contributed by atoms with E-state index in [1.54, 1.807) is 6.08 Å². The van der Waals surface area contributed by atoms with E-state index in [4.69, 9.17) is 0 Å². The molecule has 0 aliphatic carbocycles. The number of carbonyl (C=O) groups is 1. The fraction of sp³-hybridized carbons (Fsp3) is 0.200. The number of hydrogen-bond acceptors (Lipinski definition) is 4. The third kappa shape index (κ3) is 5.34. The van der Waals surface area contributed by atoms with Gasteiger partial charge in [-0.3, -0.25) is 9.69 Å². The van der Waals surface area contributed by atoms with Crippen LogP contribution in [-0.2, 0) is 4.79 Å². The number of carbonyl (C=O) groups excluding carboxylic acids is 1. The fourth-order valence-corrected chi connectivity index (χ4v) is 3.52. The molecule has 8 heteroatoms. The predicted octanol–water partition coefficient (Wildman–Crippen LogP) is 4.60. The lowest BCUT2D eigenvalue weighted by atomic mass is 10.2. The van der Waals surface area contributed by atoms with E-state index in [1.165, 1.54) is 17.0 Å². The van der Waals surface area contributed by atoms with E-state index in [-0.39, 0.29) is 23.8 Å². The summed E-state index contributed by atoms with van der Waals surface area (Å²) in [5.74, 6) is -1.65. The molecule has 0 aliphatic rings. The van der Waals surface area contributed by atoms with Crippen LogP contribution in [0, 0.1) is 11.6 Å². The molecule has 0 fully saturated rings. The van der Waals surface area contributed by atoms with Gasteiger partial charge >= 0.3 is 0 Å². The maximum atomic E-state index is 14.0. The summed E-state index contributed by atoms with van der Waals surface area (Å²) in [5, 5.41) is 0.346. The third-order valence-electron chi connectivity index (χ3n) is 3.89. The normalized spacial score (nSPS) is 11.2. The Morgan fingerprint density at radius 2 is 1.86 bits per heavy atom. The van der Waals surface area contributed by atoms with Gasteiger partial charge in [-0.25, -0.2) is 13.8 Å². The monoisotopic (exact) mass is 423 g/mol. The molecule has 1 aromatic heterocycles. The summed E-state index contributed by atoms with van der Waals surface area (Å²) in [4.78, 5) is 20.4. The van der Waals surface area contributed by atoms with Crippen LogP contribution >= 0.6 is 23.7 Å². The molecule has 0 spiro atoms. The molecule has 3 rings (SSSR count). The Bertz CT molecular complexity index is 976. The first-order valence-corrected chi connectivity index (χ1v) is 9.20. The van der Waals surface area contributed by atoms with E-state index in [1.807, 2.05) is 49.3 Å². The van der Waals surface area contributed by atoms with Crippen molar-refractivity contribution in [3.8, 4) is 0 Å². The number of thiazole rings is 1. The molecule has 0 unspecified atom stereocenters. The first kappa shape index (κ1) is 21.9. The van der Waals surface area contributed by atoms with E-state index < -0.39 is 11.6 Å². The minimum atomic E-state index is -0.729. The van der Waals surface area contributed by atoms with Crippen molar-refractivity contribution in [2.45, 2.75) is 0 Å². The van der Waals surface area contributed by atoms with Crippen molar-refractivity contribution in [3.05, 3.63) is 65.7 Å². The highest BCUT2D eigenvalue weighted by Crippen LogP contribution is 2.31. The van der Waals surface area contributed by atoms with Gasteiger partial charge in [0.05, 0.1) is 4.70 Å². The van der Waals surface area contributed by atoms with Crippen LogP contribution in [0.3, 0.4) is 0 Å². The summed E-state index contributed by atoms with van der Waals surface area (Å²) in [6.07, 6.45) is 3.19. The molecular formula is C20H20ClF2N3OS. The van der Waals surface area contributed by atoms with Crippen LogP contribution in [0.15, 0.2) is 48.5 Å². The van der Waals surface area contributed by atoms with Crippen LogP contribution in [0.2, 0.25) is 0 Å². The van der Waals surface area contributed by atoms with Gasteiger partial charge in [0.15, 0.2) is 10.9 Å². The molecule has 4 nitrogen and oxygen atoms in total. The van der Waals surface area contributed by atoms with Gasteiger partial charge in [-0.05, 0) is 31.8 Å². The number of fused-ring (bicyclic) bond motifs is 1. The molecule has 0 saturated heterocycles. The molecule has 148 valence electrons. The molecule has 1 heterocycles. The number of rotatable bonds is 6. The molecule has 0 bridgehead atoms. The third-order valence-corrected chi connectivity index (χ3v) is 4.91. The van der Waals surface area contributed by atoms with Gasteiger partial charge in [0.2, 0.25) is 0 Å². The minimum absolute atomic E-state index is 0. The molecule has 0 atom stereocenters. The highest BCUT2D eigenvalue weighted by Gasteiger charge is 2.20. The number of likely N-dealkylation sites (N-methyl/N-ethyl adjacent to an activating group) is 1. The SMILES string of the molecule is CN(C)CCN(C(=O)C=Cc1ccccc1)c1nc2c(F)cc(F)cc2s1.Cl. The predicted molar refractivity (Wildman–Crippen MR) is 113 cm³/mol. The van der Waals surface area contributed by atoms with Crippen molar-refractivity contribution in [1.82, 2.24) is 9.88 Å². The van der Waals surface area contributed by atoms with Gasteiger partial charge < -0.3 is 4.90 Å². The van der Waals surface area contributed by atoms with E-state index in [0.29, 0.717) is 22.9 Å². The second-order valence-electron chi connectivity index (χ2n) is 6.27. The van der Waals surface area contributed by atoms with Crippen molar-refractivity contribution >= 4 is 51.1 Å². The average molecular weight is 424 g/mol. The van der Waals surface area contributed by atoms with Crippen LogP contribution in [0.1, 0.15) is 5.56 Å². The molecule has 0 N–H and O–H groups in total. The lowest BCUT2D eigenvalue weighted by Crippen LogP contribution is -2.35. The lowest BCUT2D eigenvalue weighted by molar-refractivity contribution is -0.114. The van der Waals surface area contributed by atoms with Crippen molar-refractivity contribution in [2.24, 2.45) is 0 Å². The van der Waals surface area contributed by atoms with Crippen molar-refractivity contribution in [3.63, 3.8) is 0 Å². The fourth-order valence-electron chi connectivity index (χ4n) is 2.48. The van der Waals surface area contributed by atoms with Crippen LogP contribution in [0.25, 0.3) is 16.3 Å². The van der Waals surface area contributed by atoms with Crippen LogP contribution in [-0.4, -0.2) is 43.0 Å². The Labute approximate surface area is 172 Å². The summed E-state index contributed by atoms with van der Waals surface area (Å²) < 4.78 is 27.8. The second-order valence-corrected chi connectivity index (χ2v) is 7.28. The Morgan fingerprint density at radius 3 is 2.54 bits per heavy atom. The first-order chi connectivity index (χ1) is 12.9. The molecule has 0 aliphatic heterocycles. The number of hydrogen-bond donors (Lipinski definition) is 0. The first-order valence-electron chi connectivity index (χ1n) is 8.39. The zero-order valence-corrected chi connectivity index (χ0v) is 17.1. The number of amides is 1. The number of aromatic nitrogens is 1. The maximum absolute atomic E-state index is 14.0. The van der Waals surface area contributed by atoms with Crippen molar-refractivity contribution in [2.75, 3.05) is 32.1 Å². The Kier molecular flexibility index (Phi) is 7.62. The summed E-state index contributed by atoms with van der Waals surface area (Å²) >= 11 is 1.10. The summed E-state index contributed by atoms with van der Waals surface area (Å²) in [6, 6.07) is 11.5. The second kappa shape index (κ2) is 9.73. The maximum Gasteiger partial charge on any atom is 0.252 e. The van der Waals surface area contributed by atoms with Gasteiger partial charge in [0.1, 0.15) is 11.3 Å². The van der Waals surface area contributed by atoms with Gasteiger partial charge in [-0.2, -0.15) is 0 Å². The summed E-state index contributed by atoms with van der Waals surface area (Å²) in [5.41, 5.74) is 0.974. The van der Waals surface area contributed by atoms with Crippen LogP contribution < -0.4 is 4.90 Å². The largest absolute Gasteiger partial charge is 0.308 e. The molecule has 2 aromatic carbocycles. The molecule has 28 heavy (non-hydrogen) atoms. The average Bonchev–Trinajstić information content (AvgIpc) is 3.04. The molecule has 3 aromatic rings. The molecule has 0 saturated carbocycles. The summed E-state index contributed by atoms with van der Waals surface area (Å²) in [6.45, 7) is 0.993. The Hall–Kier alpha value is -2.35. The number of nitrogens with zero attached hydrogens (tertiary/aromatic N) is 3. The highest BCUT2D eigenvalue weighted by molar-refractivity contribution is 7.22. The lowest BCUT2D eigenvalue weighted by Gasteiger charge is -2.20. The molecule has 1 amide bonds. The van der Waals surface area contributed by atoms with Crippen molar-refractivity contribution in [1.29, 1.82) is 0 Å². The zero-order chi connectivity index (χ0) is 19.4. The Balaban J connectivity index is 0.00000280. The van der Waals surface area contributed by atoms with E-state index in [9.17, 15) is 13.6 Å². The van der Waals surface area contributed by atoms with Gasteiger partial charge in [0.25, 0.3) is 5.91 Å². The van der Waals surface area contributed by atoms with Crippen LogP contribution in [0.5, 0.6) is 0 Å². The summed E-state index contributed by atoms with van der Waals surface area (Å²) in [7, 11) is 3.80. The van der Waals surface area contributed by atoms with Gasteiger partial charge in [0, 0.05) is 25.2 Å². The molecular weight excluding hydrogens is 404 g/mol.